The highest BCUT2D eigenvalue weighted by molar-refractivity contribution is 5.98. The number of aliphatic hydroxyl groups is 4. The predicted octanol–water partition coefficient (Wildman–Crippen LogP) is -4.65. The number of nitrogens with one attached hydrogen (secondary N) is 8. The molecule has 372 valence electrons. The molecule has 24 heteroatoms. The minimum atomic E-state index is -1.78. The van der Waals surface area contributed by atoms with E-state index in [2.05, 4.69) is 42.5 Å². The summed E-state index contributed by atoms with van der Waals surface area (Å²) in [6.07, 6.45) is -1.15. The van der Waals surface area contributed by atoms with E-state index in [1.807, 2.05) is 6.92 Å². The number of hydrogen-bond acceptors (Lipinski definition) is 15. The summed E-state index contributed by atoms with van der Waals surface area (Å²) >= 11 is 0. The van der Waals surface area contributed by atoms with E-state index in [0.717, 1.165) is 6.92 Å². The first-order valence-electron chi connectivity index (χ1n) is 21.5. The van der Waals surface area contributed by atoms with E-state index in [1.54, 1.807) is 20.8 Å². The Bertz CT molecular complexity index is 1810. The molecule has 0 spiro atoms. The molecule has 0 aliphatic carbocycles. The Morgan fingerprint density at radius 1 is 0.545 bits per heavy atom. The fourth-order valence-electron chi connectivity index (χ4n) is 6.05. The van der Waals surface area contributed by atoms with E-state index in [4.69, 9.17) is 5.73 Å². The molecule has 0 aliphatic heterocycles. The summed E-state index contributed by atoms with van der Waals surface area (Å²) < 4.78 is 0. The van der Waals surface area contributed by atoms with Gasteiger partial charge < -0.3 is 78.9 Å². The molecule has 24 nitrogen and oxygen atoms in total. The molecule has 8 amide bonds. The van der Waals surface area contributed by atoms with Crippen LogP contribution in [-0.2, 0) is 49.6 Å². The average molecular weight is 940 g/mol. The molecular weight excluding hydrogens is 871 g/mol. The highest BCUT2D eigenvalue weighted by Gasteiger charge is 2.36. The van der Waals surface area contributed by atoms with Crippen molar-refractivity contribution in [3.63, 3.8) is 0 Å². The van der Waals surface area contributed by atoms with Gasteiger partial charge in [-0.25, -0.2) is 4.79 Å². The predicted molar refractivity (Wildman–Crippen MR) is 235 cm³/mol. The molecule has 0 heterocycles. The maximum Gasteiger partial charge on any atom is 0.326 e. The number of amides is 8. The van der Waals surface area contributed by atoms with Crippen molar-refractivity contribution >= 4 is 53.2 Å². The van der Waals surface area contributed by atoms with Crippen LogP contribution in [-0.4, -0.2) is 164 Å². The van der Waals surface area contributed by atoms with E-state index < -0.39 is 139 Å². The Morgan fingerprint density at radius 2 is 0.955 bits per heavy atom. The summed E-state index contributed by atoms with van der Waals surface area (Å²) in [4.78, 5) is 117. The standard InChI is InChI=1S/C42H69N9O15/c1-9-21(6)31(43)39(62)45-26(15-24-10-12-25(56)13-11-24)35(58)48-30(18-54)38(61)51-33(23(8)55)41(64)50-32(20(4)5)40(63)44-22(7)34(57)47-28(16-52)37(60)49-29(17-53)36(59)46-27(42(65)66)14-19(2)3/h10-13,19-23,26-33,52-56H,9,14-18,43H2,1-8H3,(H,44,63)(H,45,62)(H,46,59)(H,47,57)(H,48,58)(H,49,60)(H,50,64)(H,51,61)(H,65,66)/t21-,22-,23+,26-,27-,28-,29-,30-,31-,32-,33-/m0/s1. The van der Waals surface area contributed by atoms with Crippen LogP contribution in [0.4, 0.5) is 0 Å². The van der Waals surface area contributed by atoms with Crippen LogP contribution in [0.2, 0.25) is 0 Å². The van der Waals surface area contributed by atoms with Crippen molar-refractivity contribution in [1.82, 2.24) is 42.5 Å². The van der Waals surface area contributed by atoms with Crippen LogP contribution in [0, 0.1) is 17.8 Å². The Balaban J connectivity index is 3.08. The summed E-state index contributed by atoms with van der Waals surface area (Å²) in [5.74, 6) is -10.4. The van der Waals surface area contributed by atoms with Crippen molar-refractivity contribution in [2.24, 2.45) is 23.5 Å². The van der Waals surface area contributed by atoms with Crippen LogP contribution in [0.1, 0.15) is 73.8 Å². The third-order valence-electron chi connectivity index (χ3n) is 10.4. The second-order valence-electron chi connectivity index (χ2n) is 16.8. The molecule has 0 unspecified atom stereocenters. The molecule has 0 radical (unpaired) electrons. The number of carboxylic acids is 1. The van der Waals surface area contributed by atoms with Crippen molar-refractivity contribution in [3.05, 3.63) is 29.8 Å². The van der Waals surface area contributed by atoms with Gasteiger partial charge in [0.2, 0.25) is 47.3 Å². The van der Waals surface area contributed by atoms with Crippen LogP contribution in [0.3, 0.4) is 0 Å². The summed E-state index contributed by atoms with van der Waals surface area (Å²) in [5.41, 5.74) is 6.58. The van der Waals surface area contributed by atoms with Gasteiger partial charge in [0.25, 0.3) is 0 Å². The molecular formula is C42H69N9O15. The molecule has 0 aromatic heterocycles. The van der Waals surface area contributed by atoms with Gasteiger partial charge in [-0.1, -0.05) is 60.1 Å². The van der Waals surface area contributed by atoms with Gasteiger partial charge in [-0.2, -0.15) is 0 Å². The quantitative estimate of drug-likeness (QED) is 0.0376. The smallest absolute Gasteiger partial charge is 0.326 e. The van der Waals surface area contributed by atoms with Gasteiger partial charge in [0.15, 0.2) is 0 Å². The Hall–Kier alpha value is -5.95. The molecule has 66 heavy (non-hydrogen) atoms. The molecule has 1 aromatic carbocycles. The Kier molecular flexibility index (Phi) is 24.8. The second-order valence-corrected chi connectivity index (χ2v) is 16.8. The third kappa shape index (κ3) is 18.9. The van der Waals surface area contributed by atoms with Crippen LogP contribution < -0.4 is 48.3 Å². The first kappa shape index (κ1) is 58.1. The van der Waals surface area contributed by atoms with Crippen LogP contribution in [0.5, 0.6) is 5.75 Å². The van der Waals surface area contributed by atoms with Crippen molar-refractivity contribution in [3.8, 4) is 5.75 Å². The molecule has 0 saturated carbocycles. The summed E-state index contributed by atoms with van der Waals surface area (Å²) in [6, 6.07) is -7.67. The highest BCUT2D eigenvalue weighted by atomic mass is 16.4. The molecule has 11 atom stereocenters. The molecule has 0 aliphatic rings. The van der Waals surface area contributed by atoms with Gasteiger partial charge in [-0.05, 0) is 55.7 Å². The number of aliphatic carboxylic acids is 1. The highest BCUT2D eigenvalue weighted by Crippen LogP contribution is 2.13. The largest absolute Gasteiger partial charge is 0.508 e. The van der Waals surface area contributed by atoms with E-state index in [0.29, 0.717) is 12.0 Å². The van der Waals surface area contributed by atoms with Crippen LogP contribution >= 0.6 is 0 Å². The van der Waals surface area contributed by atoms with Crippen molar-refractivity contribution in [2.75, 3.05) is 19.8 Å². The SMILES string of the molecule is CC[C@H](C)[C@H](N)C(=O)N[C@@H](Cc1ccc(O)cc1)C(=O)N[C@@H](CO)C(=O)N[C@H](C(=O)N[C@H](C(=O)N[C@@H](C)C(=O)N[C@@H](CO)C(=O)N[C@@H](CO)C(=O)N[C@@H](CC(C)C)C(=O)O)C(C)C)[C@@H](C)O. The lowest BCUT2D eigenvalue weighted by molar-refractivity contribution is -0.143. The molecule has 1 aromatic rings. The number of carbonyl (C=O) groups excluding carboxylic acids is 8. The summed E-state index contributed by atoms with van der Waals surface area (Å²) in [5, 5.41) is 77.8. The number of rotatable bonds is 28. The fraction of sp³-hybridized carbons (Fsp3) is 0.643. The number of nitrogens with two attached hydrogens (primary N) is 1. The minimum absolute atomic E-state index is 0.0439. The van der Waals surface area contributed by atoms with Gasteiger partial charge in [-0.15, -0.1) is 0 Å². The number of benzene rings is 1. The minimum Gasteiger partial charge on any atom is -0.508 e. The molecule has 0 bridgehead atoms. The zero-order chi connectivity index (χ0) is 50.6. The maximum atomic E-state index is 13.6. The fourth-order valence-corrected chi connectivity index (χ4v) is 6.05. The molecule has 0 fully saturated rings. The van der Waals surface area contributed by atoms with E-state index in [-0.39, 0.29) is 30.4 Å². The normalized spacial score (nSPS) is 16.3. The van der Waals surface area contributed by atoms with Gasteiger partial charge in [-0.3, -0.25) is 38.4 Å². The maximum absolute atomic E-state index is 13.6. The molecule has 1 rings (SSSR count). The van der Waals surface area contributed by atoms with E-state index in [1.165, 1.54) is 45.0 Å². The lowest BCUT2D eigenvalue weighted by atomic mass is 9.98. The number of phenols is 1. The summed E-state index contributed by atoms with van der Waals surface area (Å²) in [6.45, 7) is 9.41. The monoisotopic (exact) mass is 939 g/mol. The average Bonchev–Trinajstić information content (AvgIpc) is 3.25. The number of aliphatic hydroxyl groups excluding tert-OH is 4. The van der Waals surface area contributed by atoms with Crippen molar-refractivity contribution in [1.29, 1.82) is 0 Å². The topological polar surface area (TPSA) is 397 Å². The van der Waals surface area contributed by atoms with Crippen LogP contribution in [0.15, 0.2) is 24.3 Å². The van der Waals surface area contributed by atoms with Gasteiger partial charge in [0, 0.05) is 6.42 Å². The van der Waals surface area contributed by atoms with E-state index in [9.17, 15) is 73.8 Å². The van der Waals surface area contributed by atoms with Gasteiger partial charge >= 0.3 is 5.97 Å². The van der Waals surface area contributed by atoms with Crippen LogP contribution in [0.25, 0.3) is 0 Å². The van der Waals surface area contributed by atoms with E-state index >= 15 is 0 Å². The van der Waals surface area contributed by atoms with Gasteiger partial charge in [0.1, 0.15) is 54.1 Å². The lowest BCUT2D eigenvalue weighted by Crippen LogP contribution is -2.63. The Morgan fingerprint density at radius 3 is 1.38 bits per heavy atom. The molecule has 16 N–H and O–H groups in total. The number of carbonyl (C=O) groups is 9. The summed E-state index contributed by atoms with van der Waals surface area (Å²) in [7, 11) is 0. The number of hydrogen-bond donors (Lipinski definition) is 15. The number of aromatic hydroxyl groups is 1. The third-order valence-corrected chi connectivity index (χ3v) is 10.4. The number of carboxylic acid groups (broad SMARTS) is 1. The zero-order valence-corrected chi connectivity index (χ0v) is 38.5. The van der Waals surface area contributed by atoms with Crippen molar-refractivity contribution in [2.45, 2.75) is 135 Å². The lowest BCUT2D eigenvalue weighted by Gasteiger charge is -2.29. The molecule has 0 saturated heterocycles. The van der Waals surface area contributed by atoms with Crippen molar-refractivity contribution < 1.29 is 73.8 Å². The zero-order valence-electron chi connectivity index (χ0n) is 38.5. The van der Waals surface area contributed by atoms with Gasteiger partial charge in [0.05, 0.1) is 32.0 Å². The first-order chi connectivity index (χ1) is 30.8. The second kappa shape index (κ2) is 28.2. The number of phenolic OH excluding ortho intramolecular Hbond substituents is 1. The Labute approximate surface area is 383 Å². The first-order valence-corrected chi connectivity index (χ1v) is 21.5.